The zero-order valence-electron chi connectivity index (χ0n) is 9.88. The molecule has 1 aliphatic carbocycles. The van der Waals surface area contributed by atoms with Gasteiger partial charge in [0.1, 0.15) is 23.7 Å². The van der Waals surface area contributed by atoms with Crippen LogP contribution < -0.4 is 4.74 Å². The molecule has 0 bridgehead atoms. The highest BCUT2D eigenvalue weighted by molar-refractivity contribution is 5.77. The number of benzene rings is 1. The Kier molecular flexibility index (Phi) is 2.73. The van der Waals surface area contributed by atoms with Crippen molar-refractivity contribution in [3.63, 3.8) is 0 Å². The fraction of sp³-hybridized carbons (Fsp3) is 0.385. The van der Waals surface area contributed by atoms with Crippen molar-refractivity contribution in [2.24, 2.45) is 11.8 Å². The third-order valence-corrected chi connectivity index (χ3v) is 3.62. The first-order chi connectivity index (χ1) is 9.08. The van der Waals surface area contributed by atoms with E-state index < -0.39 is 23.8 Å². The summed E-state index contributed by atoms with van der Waals surface area (Å²) in [7, 11) is 0. The first-order valence-electron chi connectivity index (χ1n) is 5.98. The van der Waals surface area contributed by atoms with Gasteiger partial charge < -0.3 is 9.53 Å². The van der Waals surface area contributed by atoms with Crippen LogP contribution in [-0.4, -0.2) is 29.9 Å². The standard InChI is InChI=1S/C13H11F2NO3/c14-8-2-9(15)4-10(3-8)19-13(18)16-5-7-1-11(7)12(16)6-17/h2-4,6-7,11-12H,1,5H2. The van der Waals surface area contributed by atoms with E-state index in [9.17, 15) is 18.4 Å². The highest BCUT2D eigenvalue weighted by Gasteiger charge is 2.54. The van der Waals surface area contributed by atoms with Gasteiger partial charge in [-0.25, -0.2) is 13.6 Å². The van der Waals surface area contributed by atoms with Gasteiger partial charge in [0.25, 0.3) is 0 Å². The fourth-order valence-corrected chi connectivity index (χ4v) is 2.62. The van der Waals surface area contributed by atoms with E-state index in [4.69, 9.17) is 4.74 Å². The Morgan fingerprint density at radius 2 is 2.00 bits per heavy atom. The number of piperidine rings is 1. The molecule has 0 N–H and O–H groups in total. The molecule has 1 aliphatic heterocycles. The predicted octanol–water partition coefficient (Wildman–Crippen LogP) is 1.98. The number of ether oxygens (including phenoxy) is 1. The Labute approximate surface area is 108 Å². The Bertz CT molecular complexity index is 528. The number of carbonyl (C=O) groups is 2. The molecule has 3 atom stereocenters. The average Bonchev–Trinajstić information content (AvgIpc) is 2.99. The number of carbonyl (C=O) groups excluding carboxylic acids is 2. The largest absolute Gasteiger partial charge is 0.415 e. The SMILES string of the molecule is O=CC1C2CC2CN1C(=O)Oc1cc(F)cc(F)c1. The summed E-state index contributed by atoms with van der Waals surface area (Å²) in [4.78, 5) is 24.1. The molecule has 6 heteroatoms. The van der Waals surface area contributed by atoms with Gasteiger partial charge in [-0.15, -0.1) is 0 Å². The van der Waals surface area contributed by atoms with Gasteiger partial charge in [0, 0.05) is 24.7 Å². The van der Waals surface area contributed by atoms with Gasteiger partial charge in [-0.2, -0.15) is 0 Å². The molecule has 0 radical (unpaired) electrons. The van der Waals surface area contributed by atoms with Gasteiger partial charge in [-0.3, -0.25) is 4.90 Å². The number of rotatable bonds is 2. The van der Waals surface area contributed by atoms with Crippen molar-refractivity contribution in [2.75, 3.05) is 6.54 Å². The van der Waals surface area contributed by atoms with Crippen molar-refractivity contribution < 1.29 is 23.1 Å². The maximum Gasteiger partial charge on any atom is 0.415 e. The highest BCUT2D eigenvalue weighted by Crippen LogP contribution is 2.48. The van der Waals surface area contributed by atoms with E-state index >= 15 is 0 Å². The maximum absolute atomic E-state index is 13.0. The number of halogens is 2. The molecule has 1 heterocycles. The Balaban J connectivity index is 1.72. The zero-order valence-corrected chi connectivity index (χ0v) is 9.88. The molecule has 1 aromatic rings. The van der Waals surface area contributed by atoms with E-state index in [0.717, 1.165) is 24.8 Å². The minimum absolute atomic E-state index is 0.201. The lowest BCUT2D eigenvalue weighted by Gasteiger charge is -2.22. The first-order valence-corrected chi connectivity index (χ1v) is 5.98. The highest BCUT2D eigenvalue weighted by atomic mass is 19.1. The van der Waals surface area contributed by atoms with Gasteiger partial charge in [0.05, 0.1) is 6.04 Å². The molecule has 0 spiro atoms. The van der Waals surface area contributed by atoms with E-state index in [2.05, 4.69) is 0 Å². The molecule has 2 aliphatic rings. The molecule has 3 unspecified atom stereocenters. The third kappa shape index (κ3) is 2.18. The van der Waals surface area contributed by atoms with Crippen LogP contribution in [0.15, 0.2) is 18.2 Å². The van der Waals surface area contributed by atoms with Gasteiger partial charge in [-0.1, -0.05) is 0 Å². The second kappa shape index (κ2) is 4.29. The summed E-state index contributed by atoms with van der Waals surface area (Å²) >= 11 is 0. The molecule has 19 heavy (non-hydrogen) atoms. The minimum atomic E-state index is -0.820. The Morgan fingerprint density at radius 1 is 1.32 bits per heavy atom. The van der Waals surface area contributed by atoms with Crippen molar-refractivity contribution >= 4 is 12.4 Å². The number of nitrogens with zero attached hydrogens (tertiary/aromatic N) is 1. The van der Waals surface area contributed by atoms with Crippen LogP contribution in [0.2, 0.25) is 0 Å². The molecule has 1 amide bonds. The normalized spacial score (nSPS) is 27.9. The predicted molar refractivity (Wildman–Crippen MR) is 60.5 cm³/mol. The second-order valence-corrected chi connectivity index (χ2v) is 4.91. The monoisotopic (exact) mass is 267 g/mol. The van der Waals surface area contributed by atoms with Crippen molar-refractivity contribution in [3.05, 3.63) is 29.8 Å². The molecule has 3 rings (SSSR count). The summed E-state index contributed by atoms with van der Waals surface area (Å²) in [6.07, 6.45) is 0.932. The number of aldehydes is 1. The summed E-state index contributed by atoms with van der Waals surface area (Å²) in [5, 5.41) is 0. The van der Waals surface area contributed by atoms with Crippen LogP contribution in [0.1, 0.15) is 6.42 Å². The molecule has 1 aromatic carbocycles. The number of hydrogen-bond acceptors (Lipinski definition) is 3. The molecule has 0 aromatic heterocycles. The number of likely N-dealkylation sites (tertiary alicyclic amines) is 1. The van der Waals surface area contributed by atoms with E-state index in [0.29, 0.717) is 18.5 Å². The minimum Gasteiger partial charge on any atom is -0.410 e. The molecule has 100 valence electrons. The van der Waals surface area contributed by atoms with Gasteiger partial charge in [0.2, 0.25) is 0 Å². The van der Waals surface area contributed by atoms with Gasteiger partial charge in [0.15, 0.2) is 0 Å². The van der Waals surface area contributed by atoms with E-state index in [-0.39, 0.29) is 11.7 Å². The van der Waals surface area contributed by atoms with Crippen LogP contribution in [-0.2, 0) is 4.79 Å². The molecule has 2 fully saturated rings. The second-order valence-electron chi connectivity index (χ2n) is 4.91. The van der Waals surface area contributed by atoms with Crippen molar-refractivity contribution in [3.8, 4) is 5.75 Å². The van der Waals surface area contributed by atoms with Crippen LogP contribution in [0.3, 0.4) is 0 Å². The Morgan fingerprint density at radius 3 is 2.63 bits per heavy atom. The van der Waals surface area contributed by atoms with Crippen molar-refractivity contribution in [1.29, 1.82) is 0 Å². The zero-order chi connectivity index (χ0) is 13.6. The summed E-state index contributed by atoms with van der Waals surface area (Å²) in [6, 6.07) is 2.06. The van der Waals surface area contributed by atoms with Gasteiger partial charge in [-0.05, 0) is 18.3 Å². The smallest absolute Gasteiger partial charge is 0.410 e. The van der Waals surface area contributed by atoms with E-state index in [1.165, 1.54) is 4.90 Å². The summed E-state index contributed by atoms with van der Waals surface area (Å²) in [5.41, 5.74) is 0. The van der Waals surface area contributed by atoms with Crippen LogP contribution in [0.5, 0.6) is 5.75 Å². The topological polar surface area (TPSA) is 46.6 Å². The van der Waals surface area contributed by atoms with Crippen LogP contribution >= 0.6 is 0 Å². The maximum atomic E-state index is 13.0. The molecular weight excluding hydrogens is 256 g/mol. The van der Waals surface area contributed by atoms with Gasteiger partial charge >= 0.3 is 6.09 Å². The van der Waals surface area contributed by atoms with Crippen molar-refractivity contribution in [2.45, 2.75) is 12.5 Å². The first kappa shape index (κ1) is 12.1. The van der Waals surface area contributed by atoms with Crippen LogP contribution in [0, 0.1) is 23.5 Å². The number of hydrogen-bond donors (Lipinski definition) is 0. The quantitative estimate of drug-likeness (QED) is 0.770. The number of amides is 1. The van der Waals surface area contributed by atoms with Crippen molar-refractivity contribution in [1.82, 2.24) is 4.90 Å². The average molecular weight is 267 g/mol. The lowest BCUT2D eigenvalue weighted by molar-refractivity contribution is -0.111. The lowest BCUT2D eigenvalue weighted by atomic mass is 10.2. The summed E-state index contributed by atoms with van der Waals surface area (Å²) in [5.74, 6) is -1.27. The van der Waals surface area contributed by atoms with Crippen LogP contribution in [0.25, 0.3) is 0 Å². The molecule has 1 saturated carbocycles. The summed E-state index contributed by atoms with van der Waals surface area (Å²) < 4.78 is 30.8. The lowest BCUT2D eigenvalue weighted by Crippen LogP contribution is -2.41. The molecule has 1 saturated heterocycles. The van der Waals surface area contributed by atoms with Crippen LogP contribution in [0.4, 0.5) is 13.6 Å². The molecular formula is C13H11F2NO3. The number of fused-ring (bicyclic) bond motifs is 1. The fourth-order valence-electron chi connectivity index (χ4n) is 2.62. The van der Waals surface area contributed by atoms with E-state index in [1.54, 1.807) is 0 Å². The third-order valence-electron chi connectivity index (χ3n) is 3.62. The Hall–Kier alpha value is -1.98. The molecule has 4 nitrogen and oxygen atoms in total. The summed E-state index contributed by atoms with van der Waals surface area (Å²) in [6.45, 7) is 0.463. The van der Waals surface area contributed by atoms with E-state index in [1.807, 2.05) is 0 Å².